The van der Waals surface area contributed by atoms with Gasteiger partial charge in [-0.1, -0.05) is 12.1 Å². The smallest absolute Gasteiger partial charge is 0.409 e. The molecule has 0 atom stereocenters. The van der Waals surface area contributed by atoms with Crippen LogP contribution in [0.3, 0.4) is 0 Å². The number of carbonyl (C=O) groups is 1. The second-order valence-corrected chi connectivity index (χ2v) is 2.76. The third kappa shape index (κ3) is 2.23. The Morgan fingerprint density at radius 2 is 2.09 bits per heavy atom. The number of carboxylic acid groups (broad SMARTS) is 1. The predicted octanol–water partition coefficient (Wildman–Crippen LogP) is 2.54. The number of amides is 1. The number of para-hydroxylation sites is 1. The highest BCUT2D eigenvalue weighted by Gasteiger charge is 1.99. The molecule has 0 heterocycles. The van der Waals surface area contributed by atoms with E-state index in [1.807, 2.05) is 6.07 Å². The molecule has 58 valence electrons. The van der Waals surface area contributed by atoms with E-state index in [9.17, 15) is 4.79 Å². The van der Waals surface area contributed by atoms with Crippen LogP contribution in [0.1, 0.15) is 0 Å². The molecule has 11 heavy (non-hydrogen) atoms. The maximum absolute atomic E-state index is 10.2. The Hall–Kier alpha value is -1.03. The van der Waals surface area contributed by atoms with Gasteiger partial charge < -0.3 is 5.11 Å². The zero-order chi connectivity index (χ0) is 8.27. The maximum atomic E-state index is 10.2. The van der Waals surface area contributed by atoms with E-state index in [-0.39, 0.29) is 0 Å². The Morgan fingerprint density at radius 3 is 2.64 bits per heavy atom. The van der Waals surface area contributed by atoms with Gasteiger partial charge in [0.1, 0.15) is 0 Å². The first-order chi connectivity index (χ1) is 5.20. The van der Waals surface area contributed by atoms with Crippen molar-refractivity contribution in [3.8, 4) is 0 Å². The van der Waals surface area contributed by atoms with Crippen LogP contribution in [0.2, 0.25) is 0 Å². The van der Waals surface area contributed by atoms with E-state index >= 15 is 0 Å². The minimum absolute atomic E-state index is 0.556. The van der Waals surface area contributed by atoms with Crippen LogP contribution in [0.5, 0.6) is 0 Å². The first kappa shape index (κ1) is 8.07. The van der Waals surface area contributed by atoms with Crippen LogP contribution >= 0.6 is 15.9 Å². The van der Waals surface area contributed by atoms with Gasteiger partial charge in [-0.15, -0.1) is 0 Å². The second kappa shape index (κ2) is 3.39. The number of anilines is 1. The molecular weight excluding hydrogens is 210 g/mol. The third-order valence-corrected chi connectivity index (χ3v) is 1.81. The molecule has 1 rings (SSSR count). The van der Waals surface area contributed by atoms with Gasteiger partial charge in [-0.05, 0) is 28.1 Å². The van der Waals surface area contributed by atoms with Crippen molar-refractivity contribution in [3.05, 3.63) is 28.7 Å². The first-order valence-electron chi connectivity index (χ1n) is 2.94. The van der Waals surface area contributed by atoms with E-state index in [0.29, 0.717) is 5.69 Å². The molecule has 3 nitrogen and oxygen atoms in total. The average Bonchev–Trinajstić information content (AvgIpc) is 1.93. The summed E-state index contributed by atoms with van der Waals surface area (Å²) >= 11 is 3.20. The molecule has 0 aliphatic rings. The number of nitrogens with one attached hydrogen (secondary N) is 1. The molecule has 1 aromatic carbocycles. The Labute approximate surface area is 72.2 Å². The summed E-state index contributed by atoms with van der Waals surface area (Å²) in [4.78, 5) is 10.2. The zero-order valence-corrected chi connectivity index (χ0v) is 7.13. The Morgan fingerprint density at radius 1 is 1.45 bits per heavy atom. The molecule has 0 spiro atoms. The van der Waals surface area contributed by atoms with Gasteiger partial charge in [0, 0.05) is 4.47 Å². The quantitative estimate of drug-likeness (QED) is 0.757. The normalized spacial score (nSPS) is 9.18. The minimum Gasteiger partial charge on any atom is -0.465 e. The van der Waals surface area contributed by atoms with Crippen LogP contribution in [0.15, 0.2) is 28.7 Å². The summed E-state index contributed by atoms with van der Waals surface area (Å²) in [7, 11) is 0. The van der Waals surface area contributed by atoms with Crippen LogP contribution in [-0.4, -0.2) is 11.2 Å². The van der Waals surface area contributed by atoms with Crippen LogP contribution in [0.4, 0.5) is 10.5 Å². The van der Waals surface area contributed by atoms with Crippen molar-refractivity contribution < 1.29 is 9.90 Å². The summed E-state index contributed by atoms with van der Waals surface area (Å²) in [5.74, 6) is 0. The maximum Gasteiger partial charge on any atom is 0.409 e. The fourth-order valence-corrected chi connectivity index (χ4v) is 1.06. The van der Waals surface area contributed by atoms with Crippen molar-refractivity contribution >= 4 is 27.7 Å². The van der Waals surface area contributed by atoms with Gasteiger partial charge in [-0.25, -0.2) is 4.79 Å². The fraction of sp³-hybridized carbons (Fsp3) is 0. The molecule has 1 aromatic rings. The summed E-state index contributed by atoms with van der Waals surface area (Å²) in [5, 5.41) is 10.6. The molecule has 0 saturated heterocycles. The standard InChI is InChI=1S/C7H6BrNO2/c8-5-3-1-2-4-6(5)9-7(10)11/h1-4,9H,(H,10,11). The van der Waals surface area contributed by atoms with Gasteiger partial charge in [-0.3, -0.25) is 5.32 Å². The molecule has 4 heteroatoms. The van der Waals surface area contributed by atoms with Crippen LogP contribution in [0, 0.1) is 0 Å². The number of hydrogen-bond donors (Lipinski definition) is 2. The number of rotatable bonds is 1. The molecular formula is C7H6BrNO2. The molecule has 0 aliphatic heterocycles. The van der Waals surface area contributed by atoms with Gasteiger partial charge in [0.2, 0.25) is 0 Å². The SMILES string of the molecule is O=C(O)Nc1ccccc1Br. The van der Waals surface area contributed by atoms with Crippen molar-refractivity contribution in [2.75, 3.05) is 5.32 Å². The Kier molecular flexibility index (Phi) is 2.48. The average molecular weight is 216 g/mol. The third-order valence-electron chi connectivity index (χ3n) is 1.12. The number of halogens is 1. The zero-order valence-electron chi connectivity index (χ0n) is 5.54. The highest BCUT2D eigenvalue weighted by molar-refractivity contribution is 9.10. The lowest BCUT2D eigenvalue weighted by Gasteiger charge is -2.01. The predicted molar refractivity (Wildman–Crippen MR) is 45.8 cm³/mol. The summed E-state index contributed by atoms with van der Waals surface area (Å²) in [6, 6.07) is 7.02. The summed E-state index contributed by atoms with van der Waals surface area (Å²) in [6.07, 6.45) is -1.06. The van der Waals surface area contributed by atoms with Crippen LogP contribution < -0.4 is 5.32 Å². The van der Waals surface area contributed by atoms with Gasteiger partial charge in [0.15, 0.2) is 0 Å². The van der Waals surface area contributed by atoms with Gasteiger partial charge in [0.05, 0.1) is 5.69 Å². The van der Waals surface area contributed by atoms with E-state index in [4.69, 9.17) is 5.11 Å². The van der Waals surface area contributed by atoms with Gasteiger partial charge in [-0.2, -0.15) is 0 Å². The fourth-order valence-electron chi connectivity index (χ4n) is 0.678. The molecule has 0 aliphatic carbocycles. The van der Waals surface area contributed by atoms with Crippen molar-refractivity contribution in [1.82, 2.24) is 0 Å². The van der Waals surface area contributed by atoms with Crippen molar-refractivity contribution in [2.24, 2.45) is 0 Å². The van der Waals surface area contributed by atoms with Crippen LogP contribution in [-0.2, 0) is 0 Å². The Bertz CT molecular complexity index is 275. The lowest BCUT2D eigenvalue weighted by molar-refractivity contribution is 0.209. The molecule has 0 bridgehead atoms. The van der Waals surface area contributed by atoms with Crippen molar-refractivity contribution in [2.45, 2.75) is 0 Å². The van der Waals surface area contributed by atoms with E-state index in [1.54, 1.807) is 18.2 Å². The molecule has 1 amide bonds. The van der Waals surface area contributed by atoms with E-state index in [1.165, 1.54) is 0 Å². The number of benzene rings is 1. The largest absolute Gasteiger partial charge is 0.465 e. The highest BCUT2D eigenvalue weighted by atomic mass is 79.9. The summed E-state index contributed by atoms with van der Waals surface area (Å²) in [5.41, 5.74) is 0.556. The van der Waals surface area contributed by atoms with E-state index < -0.39 is 6.09 Å². The highest BCUT2D eigenvalue weighted by Crippen LogP contribution is 2.20. The second-order valence-electron chi connectivity index (χ2n) is 1.91. The lowest BCUT2D eigenvalue weighted by Crippen LogP contribution is -2.07. The lowest BCUT2D eigenvalue weighted by atomic mass is 10.3. The van der Waals surface area contributed by atoms with E-state index in [2.05, 4.69) is 21.2 Å². The molecule has 0 fully saturated rings. The first-order valence-corrected chi connectivity index (χ1v) is 3.74. The number of hydrogen-bond acceptors (Lipinski definition) is 1. The van der Waals surface area contributed by atoms with Gasteiger partial charge >= 0.3 is 6.09 Å². The van der Waals surface area contributed by atoms with Crippen LogP contribution in [0.25, 0.3) is 0 Å². The Balaban J connectivity index is 2.86. The topological polar surface area (TPSA) is 49.3 Å². The monoisotopic (exact) mass is 215 g/mol. The molecule has 2 N–H and O–H groups in total. The molecule has 0 saturated carbocycles. The van der Waals surface area contributed by atoms with Gasteiger partial charge in [0.25, 0.3) is 0 Å². The van der Waals surface area contributed by atoms with Crippen molar-refractivity contribution in [1.29, 1.82) is 0 Å². The summed E-state index contributed by atoms with van der Waals surface area (Å²) < 4.78 is 0.738. The minimum atomic E-state index is -1.06. The van der Waals surface area contributed by atoms with Crippen molar-refractivity contribution in [3.63, 3.8) is 0 Å². The molecule has 0 aromatic heterocycles. The molecule has 0 unspecified atom stereocenters. The van der Waals surface area contributed by atoms with E-state index in [0.717, 1.165) is 4.47 Å². The summed E-state index contributed by atoms with van der Waals surface area (Å²) in [6.45, 7) is 0. The molecule has 0 radical (unpaired) electrons.